The first kappa shape index (κ1) is 35.7. The average Bonchev–Trinajstić information content (AvgIpc) is 3.77. The minimum absolute atomic E-state index is 0.266. The molecule has 0 aromatic rings. The Bertz CT molecular complexity index is 714. The molecular weight excluding hydrogens is 641 g/mol. The van der Waals surface area contributed by atoms with Gasteiger partial charge in [0, 0.05) is 26.4 Å². The quantitative estimate of drug-likeness (QED) is 0.0833. The second-order valence-electron chi connectivity index (χ2n) is 13.5. The van der Waals surface area contributed by atoms with E-state index in [1.165, 1.54) is 0 Å². The Morgan fingerprint density at radius 2 is 0.614 bits per heavy atom. The maximum absolute atomic E-state index is 7.24. The Morgan fingerprint density at radius 1 is 0.409 bits per heavy atom. The second kappa shape index (κ2) is 16.7. The van der Waals surface area contributed by atoms with E-state index in [-0.39, 0.29) is 24.4 Å². The van der Waals surface area contributed by atoms with Crippen molar-refractivity contribution in [3.05, 3.63) is 0 Å². The summed E-state index contributed by atoms with van der Waals surface area (Å²) >= 11 is 0. The third-order valence-corrected chi connectivity index (χ3v) is 27.1. The normalized spacial score (nSPS) is 39.5. The van der Waals surface area contributed by atoms with Crippen LogP contribution in [0.15, 0.2) is 0 Å². The fraction of sp³-hybridized carbons (Fsp3) is 1.00. The highest BCUT2D eigenvalue weighted by atomic mass is 28.5. The molecule has 5 aliphatic heterocycles. The third kappa shape index (κ3) is 13.9. The lowest BCUT2D eigenvalue weighted by Gasteiger charge is -2.50. The van der Waals surface area contributed by atoms with Gasteiger partial charge in [-0.15, -0.1) is 0 Å². The van der Waals surface area contributed by atoms with Gasteiger partial charge in [-0.05, 0) is 76.0 Å². The van der Waals surface area contributed by atoms with Crippen molar-refractivity contribution < 1.29 is 54.4 Å². The molecule has 5 fully saturated rings. The van der Waals surface area contributed by atoms with Crippen LogP contribution in [0.4, 0.5) is 0 Å². The number of hydrogen-bond acceptors (Lipinski definition) is 12. The summed E-state index contributed by atoms with van der Waals surface area (Å²) in [6.07, 6.45) is 4.55. The summed E-state index contributed by atoms with van der Waals surface area (Å²) in [5, 5.41) is 0. The molecule has 12 nitrogen and oxygen atoms in total. The van der Waals surface area contributed by atoms with E-state index in [0.717, 1.165) is 76.3 Å². The topological polar surface area (TPSA) is 124 Å². The summed E-state index contributed by atoms with van der Waals surface area (Å²) in [5.74, 6) is 0. The van der Waals surface area contributed by atoms with Crippen LogP contribution in [0, 0.1) is 0 Å². The predicted octanol–water partition coefficient (Wildman–Crippen LogP) is 3.58. The van der Waals surface area contributed by atoms with E-state index < -0.39 is 34.2 Å². The summed E-state index contributed by atoms with van der Waals surface area (Å²) in [6, 6.07) is 3.32. The zero-order valence-electron chi connectivity index (χ0n) is 27.4. The van der Waals surface area contributed by atoms with Crippen LogP contribution in [-0.4, -0.2) is 138 Å². The fourth-order valence-electron chi connectivity index (χ4n) is 5.82. The van der Waals surface area contributed by atoms with E-state index >= 15 is 0 Å². The van der Waals surface area contributed by atoms with Crippen LogP contribution < -0.4 is 0 Å². The van der Waals surface area contributed by atoms with E-state index in [4.69, 9.17) is 54.4 Å². The molecule has 0 radical (unpaired) electrons. The lowest BCUT2D eigenvalue weighted by molar-refractivity contribution is 0.111. The molecule has 0 aliphatic carbocycles. The third-order valence-electron chi connectivity index (χ3n) is 8.23. The molecule has 0 N–H and O–H groups in total. The van der Waals surface area contributed by atoms with E-state index in [2.05, 4.69) is 26.2 Å². The van der Waals surface area contributed by atoms with Gasteiger partial charge in [-0.25, -0.2) is 0 Å². The summed E-state index contributed by atoms with van der Waals surface area (Å²) < 4.78 is 73.7. The van der Waals surface area contributed by atoms with Crippen LogP contribution in [0.25, 0.3) is 0 Å². The Morgan fingerprint density at radius 3 is 0.795 bits per heavy atom. The van der Waals surface area contributed by atoms with Crippen LogP contribution in [0.2, 0.25) is 50.4 Å². The molecule has 6 atom stereocenters. The maximum atomic E-state index is 7.24. The van der Waals surface area contributed by atoms with Crippen molar-refractivity contribution in [2.45, 2.75) is 100 Å². The number of epoxide rings is 4. The Balaban J connectivity index is 1.22. The van der Waals surface area contributed by atoms with Crippen LogP contribution in [0.3, 0.4) is 0 Å². The van der Waals surface area contributed by atoms with Crippen molar-refractivity contribution >= 4 is 34.2 Å². The summed E-state index contributed by atoms with van der Waals surface area (Å²) in [5.41, 5.74) is 0. The molecule has 16 heteroatoms. The van der Waals surface area contributed by atoms with Gasteiger partial charge in [-0.3, -0.25) is 0 Å². The van der Waals surface area contributed by atoms with Crippen molar-refractivity contribution in [2.24, 2.45) is 0 Å². The van der Waals surface area contributed by atoms with Crippen LogP contribution in [0.5, 0.6) is 0 Å². The van der Waals surface area contributed by atoms with Gasteiger partial charge in [0.05, 0.1) is 52.9 Å². The first-order valence-electron chi connectivity index (χ1n) is 16.7. The summed E-state index contributed by atoms with van der Waals surface area (Å²) in [7, 11) is -10.8. The van der Waals surface area contributed by atoms with Crippen molar-refractivity contribution in [3.63, 3.8) is 0 Å². The molecule has 256 valence electrons. The number of rotatable bonds is 24. The Labute approximate surface area is 267 Å². The lowest BCUT2D eigenvalue weighted by Crippen LogP contribution is -2.67. The molecular formula is C28H56O12Si4. The minimum Gasteiger partial charge on any atom is -0.416 e. The maximum Gasteiger partial charge on any atom is 0.317 e. The van der Waals surface area contributed by atoms with Crippen molar-refractivity contribution in [3.8, 4) is 0 Å². The van der Waals surface area contributed by atoms with Crippen molar-refractivity contribution in [1.29, 1.82) is 0 Å². The molecule has 2 unspecified atom stereocenters. The van der Waals surface area contributed by atoms with E-state index in [0.29, 0.717) is 52.9 Å². The molecule has 0 aromatic heterocycles. The first-order valence-corrected chi connectivity index (χ1v) is 26.8. The van der Waals surface area contributed by atoms with Gasteiger partial charge in [-0.1, -0.05) is 0 Å². The molecule has 5 heterocycles. The molecule has 5 saturated heterocycles. The van der Waals surface area contributed by atoms with E-state index in [1.54, 1.807) is 0 Å². The monoisotopic (exact) mass is 696 g/mol. The molecule has 0 bridgehead atoms. The highest BCUT2D eigenvalue weighted by Crippen LogP contribution is 2.39. The molecule has 0 spiro atoms. The zero-order valence-corrected chi connectivity index (χ0v) is 31.4. The highest BCUT2D eigenvalue weighted by molar-refractivity contribution is 6.93. The smallest absolute Gasteiger partial charge is 0.317 e. The SMILES string of the molecule is C[Si]1(CCCOC[C@@H]2CO2)O[Si](C)(CCCOC[C@@H]2CO2)O[Si](C)(CCCOC[C@H]2CO2)O[Si](C)(CCCOC[C@@H]2CO2)O1. The highest BCUT2D eigenvalue weighted by Gasteiger charge is 2.56. The molecule has 5 rings (SSSR count). The summed E-state index contributed by atoms with van der Waals surface area (Å²) in [6.45, 7) is 17.3. The van der Waals surface area contributed by atoms with Gasteiger partial charge in [0.2, 0.25) is 0 Å². The van der Waals surface area contributed by atoms with Gasteiger partial charge < -0.3 is 54.4 Å². The molecule has 0 amide bonds. The second-order valence-corrected chi connectivity index (χ2v) is 27.8. The van der Waals surface area contributed by atoms with Gasteiger partial charge in [0.15, 0.2) is 0 Å². The molecule has 0 aromatic carbocycles. The standard InChI is InChI=1S/C28H56O12Si4/c1-41(13-5-9-29-17-25-21-33-25)37-42(2,14-6-10-30-18-26-22-34-26)39-44(4,16-8-12-32-20-28-24-36-28)40-43(3,38-41)15-7-11-31-19-27-23-35-27/h25-28H,5-24H2,1-4H3/t25-,26-,27-,28+,41?,42?,43?,44?/m1/s1. The minimum atomic E-state index is -2.69. The van der Waals surface area contributed by atoms with Crippen LogP contribution in [0.1, 0.15) is 25.7 Å². The van der Waals surface area contributed by atoms with Gasteiger partial charge in [0.25, 0.3) is 0 Å². The first-order chi connectivity index (χ1) is 21.1. The van der Waals surface area contributed by atoms with Gasteiger partial charge in [-0.2, -0.15) is 0 Å². The number of hydrogen-bond donors (Lipinski definition) is 0. The summed E-state index contributed by atoms with van der Waals surface area (Å²) in [4.78, 5) is 0. The molecule has 5 aliphatic rings. The van der Waals surface area contributed by atoms with Gasteiger partial charge >= 0.3 is 34.2 Å². The average molecular weight is 697 g/mol. The fourth-order valence-corrected chi connectivity index (χ4v) is 29.0. The largest absolute Gasteiger partial charge is 0.416 e. The number of ether oxygens (including phenoxy) is 8. The lowest BCUT2D eigenvalue weighted by atomic mass is 10.5. The van der Waals surface area contributed by atoms with Crippen LogP contribution in [-0.2, 0) is 54.4 Å². The van der Waals surface area contributed by atoms with Gasteiger partial charge in [0.1, 0.15) is 24.4 Å². The Hall–Kier alpha value is 0.388. The Kier molecular flexibility index (Phi) is 13.5. The zero-order chi connectivity index (χ0) is 30.9. The predicted molar refractivity (Wildman–Crippen MR) is 171 cm³/mol. The van der Waals surface area contributed by atoms with E-state index in [9.17, 15) is 0 Å². The van der Waals surface area contributed by atoms with Crippen molar-refractivity contribution in [1.82, 2.24) is 0 Å². The van der Waals surface area contributed by atoms with Crippen LogP contribution >= 0.6 is 0 Å². The molecule has 44 heavy (non-hydrogen) atoms. The van der Waals surface area contributed by atoms with E-state index in [1.807, 2.05) is 0 Å². The van der Waals surface area contributed by atoms with Crippen molar-refractivity contribution in [2.75, 3.05) is 79.3 Å². The molecule has 0 saturated carbocycles.